The van der Waals surface area contributed by atoms with E-state index in [1.165, 1.54) is 6.92 Å². The van der Waals surface area contributed by atoms with Crippen molar-refractivity contribution in [3.05, 3.63) is 59.4 Å². The lowest BCUT2D eigenvalue weighted by atomic mass is 10.0. The fourth-order valence-electron chi connectivity index (χ4n) is 2.61. The van der Waals surface area contributed by atoms with Crippen LogP contribution in [0.4, 0.5) is 5.69 Å². The average molecular weight is 337 g/mol. The molecule has 1 aromatic heterocycles. The summed E-state index contributed by atoms with van der Waals surface area (Å²) in [6.45, 7) is 5.49. The van der Waals surface area contributed by atoms with Crippen molar-refractivity contribution < 1.29 is 18.7 Å². The number of rotatable bonds is 4. The fraction of sp³-hybridized carbons (Fsp3) is 0.200. The highest BCUT2D eigenvalue weighted by Gasteiger charge is 2.13. The number of carbonyl (C=O) groups is 2. The van der Waals surface area contributed by atoms with Gasteiger partial charge in [-0.15, -0.1) is 0 Å². The molecule has 0 aliphatic heterocycles. The molecule has 0 aliphatic carbocycles. The van der Waals surface area contributed by atoms with Crippen molar-refractivity contribution in [1.82, 2.24) is 0 Å². The van der Waals surface area contributed by atoms with Crippen molar-refractivity contribution in [2.45, 2.75) is 27.2 Å². The monoisotopic (exact) mass is 337 g/mol. The SMILES string of the molecule is CC(=O)Nc1ccc(OC(=O)Cc2coc3cc(C)c(C)cc23)cc1. The normalized spacial score (nSPS) is 10.7. The summed E-state index contributed by atoms with van der Waals surface area (Å²) in [4.78, 5) is 23.2. The molecule has 1 N–H and O–H groups in total. The first kappa shape index (κ1) is 16.8. The fourth-order valence-corrected chi connectivity index (χ4v) is 2.61. The van der Waals surface area contributed by atoms with Crippen LogP contribution in [0.2, 0.25) is 0 Å². The van der Waals surface area contributed by atoms with Crippen LogP contribution in [0, 0.1) is 13.8 Å². The summed E-state index contributed by atoms with van der Waals surface area (Å²) in [6.07, 6.45) is 1.73. The van der Waals surface area contributed by atoms with Crippen molar-refractivity contribution in [1.29, 1.82) is 0 Å². The maximum Gasteiger partial charge on any atom is 0.315 e. The van der Waals surface area contributed by atoms with Crippen LogP contribution in [-0.4, -0.2) is 11.9 Å². The number of hydrogen-bond acceptors (Lipinski definition) is 4. The van der Waals surface area contributed by atoms with Gasteiger partial charge in [-0.3, -0.25) is 9.59 Å². The maximum atomic E-state index is 12.2. The Morgan fingerprint density at radius 1 is 1.08 bits per heavy atom. The highest BCUT2D eigenvalue weighted by Crippen LogP contribution is 2.25. The Kier molecular flexibility index (Phi) is 4.57. The quantitative estimate of drug-likeness (QED) is 0.573. The molecular formula is C20H19NO4. The summed E-state index contributed by atoms with van der Waals surface area (Å²) in [5.41, 5.74) is 4.52. The first-order chi connectivity index (χ1) is 11.9. The smallest absolute Gasteiger partial charge is 0.315 e. The molecule has 5 nitrogen and oxygen atoms in total. The molecule has 0 fully saturated rings. The van der Waals surface area contributed by atoms with Gasteiger partial charge >= 0.3 is 5.97 Å². The Hall–Kier alpha value is -3.08. The van der Waals surface area contributed by atoms with Crippen molar-refractivity contribution >= 4 is 28.5 Å². The minimum atomic E-state index is -0.367. The highest BCUT2D eigenvalue weighted by molar-refractivity contribution is 5.89. The van der Waals surface area contributed by atoms with E-state index in [9.17, 15) is 9.59 Å². The van der Waals surface area contributed by atoms with Gasteiger partial charge in [0.05, 0.1) is 12.7 Å². The zero-order valence-corrected chi connectivity index (χ0v) is 14.4. The summed E-state index contributed by atoms with van der Waals surface area (Å²) in [7, 11) is 0. The highest BCUT2D eigenvalue weighted by atomic mass is 16.5. The summed E-state index contributed by atoms with van der Waals surface area (Å²) in [6, 6.07) is 10.7. The lowest BCUT2D eigenvalue weighted by Gasteiger charge is -2.06. The van der Waals surface area contributed by atoms with E-state index in [0.717, 1.165) is 27.7 Å². The Bertz CT molecular complexity index is 938. The average Bonchev–Trinajstić information content (AvgIpc) is 2.91. The number of benzene rings is 2. The van der Waals surface area contributed by atoms with Crippen LogP contribution in [0.3, 0.4) is 0 Å². The van der Waals surface area contributed by atoms with Gasteiger partial charge < -0.3 is 14.5 Å². The van der Waals surface area contributed by atoms with Crippen LogP contribution in [-0.2, 0) is 16.0 Å². The molecular weight excluding hydrogens is 318 g/mol. The molecule has 3 aromatic rings. The van der Waals surface area contributed by atoms with Crippen molar-refractivity contribution in [3.63, 3.8) is 0 Å². The van der Waals surface area contributed by atoms with Gasteiger partial charge in [-0.25, -0.2) is 0 Å². The molecule has 1 heterocycles. The second-order valence-electron chi connectivity index (χ2n) is 6.05. The molecule has 0 atom stereocenters. The van der Waals surface area contributed by atoms with E-state index in [-0.39, 0.29) is 18.3 Å². The van der Waals surface area contributed by atoms with Gasteiger partial charge in [-0.05, 0) is 61.4 Å². The minimum Gasteiger partial charge on any atom is -0.464 e. The molecule has 0 unspecified atom stereocenters. The largest absolute Gasteiger partial charge is 0.464 e. The molecule has 0 aliphatic rings. The van der Waals surface area contributed by atoms with Gasteiger partial charge in [0.1, 0.15) is 11.3 Å². The molecule has 3 rings (SSSR count). The van der Waals surface area contributed by atoms with Gasteiger partial charge in [0.15, 0.2) is 0 Å². The van der Waals surface area contributed by atoms with E-state index in [2.05, 4.69) is 5.32 Å². The number of amides is 1. The van der Waals surface area contributed by atoms with Gasteiger partial charge in [0, 0.05) is 23.6 Å². The van der Waals surface area contributed by atoms with E-state index >= 15 is 0 Å². The second-order valence-corrected chi connectivity index (χ2v) is 6.05. The van der Waals surface area contributed by atoms with E-state index in [4.69, 9.17) is 9.15 Å². The summed E-state index contributed by atoms with van der Waals surface area (Å²) < 4.78 is 10.9. The Balaban J connectivity index is 1.70. The van der Waals surface area contributed by atoms with E-state index in [1.54, 1.807) is 30.5 Å². The first-order valence-electron chi connectivity index (χ1n) is 7.98. The zero-order valence-electron chi connectivity index (χ0n) is 14.4. The van der Waals surface area contributed by atoms with Gasteiger partial charge in [0.25, 0.3) is 0 Å². The lowest BCUT2D eigenvalue weighted by Crippen LogP contribution is -2.11. The number of fused-ring (bicyclic) bond motifs is 1. The minimum absolute atomic E-state index is 0.128. The second kappa shape index (κ2) is 6.81. The number of nitrogens with one attached hydrogen (secondary N) is 1. The van der Waals surface area contributed by atoms with Crippen LogP contribution in [0.5, 0.6) is 5.75 Å². The Morgan fingerprint density at radius 2 is 1.76 bits per heavy atom. The Labute approximate surface area is 145 Å². The molecule has 0 radical (unpaired) electrons. The number of ether oxygens (including phenoxy) is 1. The van der Waals surface area contributed by atoms with Crippen LogP contribution < -0.4 is 10.1 Å². The third kappa shape index (κ3) is 3.88. The predicted octanol–water partition coefficient (Wildman–Crippen LogP) is 4.16. The molecule has 25 heavy (non-hydrogen) atoms. The number of furan rings is 1. The van der Waals surface area contributed by atoms with Gasteiger partial charge in [-0.2, -0.15) is 0 Å². The standard InChI is InChI=1S/C20H19NO4/c1-12-8-18-15(11-24-19(18)9-13(12)2)10-20(23)25-17-6-4-16(5-7-17)21-14(3)22/h4-9,11H,10H2,1-3H3,(H,21,22). The molecule has 2 aromatic carbocycles. The molecule has 0 saturated carbocycles. The van der Waals surface area contributed by atoms with Gasteiger partial charge in [0.2, 0.25) is 5.91 Å². The maximum absolute atomic E-state index is 12.2. The van der Waals surface area contributed by atoms with Crippen LogP contribution >= 0.6 is 0 Å². The predicted molar refractivity (Wildman–Crippen MR) is 95.8 cm³/mol. The third-order valence-electron chi connectivity index (χ3n) is 4.01. The Morgan fingerprint density at radius 3 is 2.44 bits per heavy atom. The summed E-state index contributed by atoms with van der Waals surface area (Å²) in [5.74, 6) is -0.0887. The topological polar surface area (TPSA) is 68.5 Å². The van der Waals surface area contributed by atoms with Crippen LogP contribution in [0.1, 0.15) is 23.6 Å². The zero-order chi connectivity index (χ0) is 18.0. The van der Waals surface area contributed by atoms with Crippen LogP contribution in [0.25, 0.3) is 11.0 Å². The third-order valence-corrected chi connectivity index (χ3v) is 4.01. The lowest BCUT2D eigenvalue weighted by molar-refractivity contribution is -0.133. The number of hydrogen-bond donors (Lipinski definition) is 1. The van der Waals surface area contributed by atoms with E-state index < -0.39 is 0 Å². The van der Waals surface area contributed by atoms with Crippen LogP contribution in [0.15, 0.2) is 47.1 Å². The van der Waals surface area contributed by atoms with Crippen molar-refractivity contribution in [2.24, 2.45) is 0 Å². The summed E-state index contributed by atoms with van der Waals surface area (Å²) >= 11 is 0. The first-order valence-corrected chi connectivity index (χ1v) is 7.98. The van der Waals surface area contributed by atoms with Crippen molar-refractivity contribution in [2.75, 3.05) is 5.32 Å². The molecule has 0 bridgehead atoms. The van der Waals surface area contributed by atoms with Gasteiger partial charge in [-0.1, -0.05) is 0 Å². The van der Waals surface area contributed by atoms with E-state index in [0.29, 0.717) is 11.4 Å². The molecule has 0 saturated heterocycles. The molecule has 128 valence electrons. The number of aryl methyl sites for hydroxylation is 2. The molecule has 1 amide bonds. The number of anilines is 1. The van der Waals surface area contributed by atoms with E-state index in [1.807, 2.05) is 26.0 Å². The number of esters is 1. The molecule has 5 heteroatoms. The molecule has 0 spiro atoms. The van der Waals surface area contributed by atoms with Crippen molar-refractivity contribution in [3.8, 4) is 5.75 Å². The summed E-state index contributed by atoms with van der Waals surface area (Å²) in [5, 5.41) is 3.59. The number of carbonyl (C=O) groups excluding carboxylic acids is 2.